The van der Waals surface area contributed by atoms with Crippen LogP contribution in [0.15, 0.2) is 18.2 Å². The average Bonchev–Trinajstić information content (AvgIpc) is 3.30. The van der Waals surface area contributed by atoms with Crippen molar-refractivity contribution in [2.24, 2.45) is 5.92 Å². The maximum absolute atomic E-state index is 10.4. The molecule has 2 aliphatic rings. The smallest absolute Gasteiger partial charge is 0.138 e. The number of hydrogen-bond acceptors (Lipinski definition) is 4. The molecule has 122 valence electrons. The minimum absolute atomic E-state index is 0. The number of halogens is 2. The van der Waals surface area contributed by atoms with Crippen LogP contribution in [-0.2, 0) is 0 Å². The van der Waals surface area contributed by atoms with E-state index >= 15 is 0 Å². The first-order valence-electron chi connectivity index (χ1n) is 7.46. The van der Waals surface area contributed by atoms with Crippen molar-refractivity contribution in [1.82, 2.24) is 10.2 Å². The minimum atomic E-state index is 0. The van der Waals surface area contributed by atoms with Gasteiger partial charge in [0.1, 0.15) is 11.8 Å². The SMILES string of the molecule is Cl.Cl.N#Cc1cccc([C@@H](CC2CC2)N2CCNCC2)c1O. The molecule has 22 heavy (non-hydrogen) atoms. The van der Waals surface area contributed by atoms with E-state index in [1.54, 1.807) is 6.07 Å². The zero-order valence-corrected chi connectivity index (χ0v) is 14.1. The fraction of sp³-hybridized carbons (Fsp3) is 0.562. The molecule has 0 spiro atoms. The van der Waals surface area contributed by atoms with Gasteiger partial charge < -0.3 is 10.4 Å². The number of benzene rings is 1. The van der Waals surface area contributed by atoms with E-state index < -0.39 is 0 Å². The van der Waals surface area contributed by atoms with Crippen molar-refractivity contribution in [3.8, 4) is 11.8 Å². The molecule has 2 fully saturated rings. The standard InChI is InChI=1S/C16H21N3O.2ClH/c17-11-13-2-1-3-14(16(13)20)15(10-12-4-5-12)19-8-6-18-7-9-19;;/h1-3,12,15,18,20H,4-10H2;2*1H/t15-;;/m1../s1. The Bertz CT molecular complexity index is 523. The summed E-state index contributed by atoms with van der Waals surface area (Å²) in [6.45, 7) is 4.01. The predicted molar refractivity (Wildman–Crippen MR) is 91.8 cm³/mol. The van der Waals surface area contributed by atoms with Gasteiger partial charge in [0.15, 0.2) is 0 Å². The van der Waals surface area contributed by atoms with Gasteiger partial charge in [-0.15, -0.1) is 24.8 Å². The molecule has 6 heteroatoms. The molecule has 0 unspecified atom stereocenters. The van der Waals surface area contributed by atoms with Gasteiger partial charge in [-0.3, -0.25) is 4.90 Å². The third-order valence-corrected chi connectivity index (χ3v) is 4.39. The summed E-state index contributed by atoms with van der Waals surface area (Å²) in [4.78, 5) is 2.45. The summed E-state index contributed by atoms with van der Waals surface area (Å²) in [7, 11) is 0. The van der Waals surface area contributed by atoms with E-state index in [0.29, 0.717) is 5.56 Å². The molecule has 0 aromatic heterocycles. The molecule has 3 rings (SSSR count). The fourth-order valence-corrected chi connectivity index (χ4v) is 3.06. The Labute approximate surface area is 144 Å². The van der Waals surface area contributed by atoms with Gasteiger partial charge in [-0.1, -0.05) is 25.0 Å². The Morgan fingerprint density at radius 1 is 1.27 bits per heavy atom. The molecule has 1 saturated heterocycles. The van der Waals surface area contributed by atoms with Gasteiger partial charge in [-0.2, -0.15) is 5.26 Å². The first kappa shape index (κ1) is 19.1. The summed E-state index contributed by atoms with van der Waals surface area (Å²) >= 11 is 0. The van der Waals surface area contributed by atoms with Crippen LogP contribution in [0, 0.1) is 17.2 Å². The van der Waals surface area contributed by atoms with Crippen molar-refractivity contribution in [3.05, 3.63) is 29.3 Å². The minimum Gasteiger partial charge on any atom is -0.506 e. The van der Waals surface area contributed by atoms with Crippen molar-refractivity contribution in [3.63, 3.8) is 0 Å². The third-order valence-electron chi connectivity index (χ3n) is 4.39. The molecular formula is C16H23Cl2N3O. The molecule has 1 aliphatic carbocycles. The van der Waals surface area contributed by atoms with Crippen molar-refractivity contribution in [2.75, 3.05) is 26.2 Å². The number of rotatable bonds is 4. The van der Waals surface area contributed by atoms with Gasteiger partial charge in [0.2, 0.25) is 0 Å². The number of nitrogens with one attached hydrogen (secondary N) is 1. The molecule has 1 aliphatic heterocycles. The largest absolute Gasteiger partial charge is 0.506 e. The molecule has 0 bridgehead atoms. The Kier molecular flexibility index (Phi) is 7.44. The van der Waals surface area contributed by atoms with E-state index in [4.69, 9.17) is 5.26 Å². The highest BCUT2D eigenvalue weighted by Crippen LogP contribution is 2.42. The van der Waals surface area contributed by atoms with Crippen LogP contribution in [0.3, 0.4) is 0 Å². The quantitative estimate of drug-likeness (QED) is 0.882. The Balaban J connectivity index is 0.00000121. The monoisotopic (exact) mass is 343 g/mol. The summed E-state index contributed by atoms with van der Waals surface area (Å²) in [6, 6.07) is 7.88. The van der Waals surface area contributed by atoms with Gasteiger partial charge in [-0.25, -0.2) is 0 Å². The lowest BCUT2D eigenvalue weighted by atomic mass is 9.96. The fourth-order valence-electron chi connectivity index (χ4n) is 3.06. The molecule has 1 saturated carbocycles. The second-order valence-corrected chi connectivity index (χ2v) is 5.84. The van der Waals surface area contributed by atoms with Gasteiger partial charge in [0, 0.05) is 37.8 Å². The van der Waals surface area contributed by atoms with Gasteiger partial charge in [-0.05, 0) is 18.4 Å². The van der Waals surface area contributed by atoms with E-state index in [-0.39, 0.29) is 36.6 Å². The zero-order valence-electron chi connectivity index (χ0n) is 12.5. The Hall–Kier alpha value is -0.990. The van der Waals surface area contributed by atoms with E-state index in [9.17, 15) is 5.11 Å². The van der Waals surface area contributed by atoms with Crippen LogP contribution < -0.4 is 5.32 Å². The first-order valence-corrected chi connectivity index (χ1v) is 7.46. The number of piperazine rings is 1. The number of nitrogens with zero attached hydrogens (tertiary/aromatic N) is 2. The second kappa shape index (κ2) is 8.59. The normalized spacial score (nSPS) is 19.4. The maximum atomic E-state index is 10.4. The van der Waals surface area contributed by atoms with Crippen molar-refractivity contribution in [1.29, 1.82) is 5.26 Å². The highest BCUT2D eigenvalue weighted by atomic mass is 35.5. The molecular weight excluding hydrogens is 321 g/mol. The second-order valence-electron chi connectivity index (χ2n) is 5.84. The Morgan fingerprint density at radius 2 is 1.95 bits per heavy atom. The predicted octanol–water partition coefficient (Wildman–Crippen LogP) is 2.85. The lowest BCUT2D eigenvalue weighted by molar-refractivity contribution is 0.158. The molecule has 0 amide bonds. The molecule has 1 aromatic carbocycles. The van der Waals surface area contributed by atoms with E-state index in [0.717, 1.165) is 44.1 Å². The summed E-state index contributed by atoms with van der Waals surface area (Å²) in [6.07, 6.45) is 3.71. The summed E-state index contributed by atoms with van der Waals surface area (Å²) in [5, 5.41) is 22.8. The van der Waals surface area contributed by atoms with Crippen LogP contribution in [0.25, 0.3) is 0 Å². The number of aromatic hydroxyl groups is 1. The van der Waals surface area contributed by atoms with Crippen LogP contribution in [0.2, 0.25) is 0 Å². The number of hydrogen-bond donors (Lipinski definition) is 2. The van der Waals surface area contributed by atoms with E-state index in [1.807, 2.05) is 12.1 Å². The zero-order chi connectivity index (χ0) is 13.9. The number of phenolic OH excluding ortho intramolecular Hbond substituents is 1. The molecule has 2 N–H and O–H groups in total. The molecule has 1 heterocycles. The molecule has 1 aromatic rings. The number of para-hydroxylation sites is 1. The van der Waals surface area contributed by atoms with Crippen LogP contribution in [0.5, 0.6) is 5.75 Å². The Morgan fingerprint density at radius 3 is 2.55 bits per heavy atom. The van der Waals surface area contributed by atoms with Gasteiger partial charge >= 0.3 is 0 Å². The molecule has 4 nitrogen and oxygen atoms in total. The summed E-state index contributed by atoms with van der Waals surface area (Å²) in [5.74, 6) is 0.971. The highest BCUT2D eigenvalue weighted by molar-refractivity contribution is 5.85. The lowest BCUT2D eigenvalue weighted by Gasteiger charge is -2.35. The van der Waals surface area contributed by atoms with Gasteiger partial charge in [0.25, 0.3) is 0 Å². The van der Waals surface area contributed by atoms with Crippen molar-refractivity contribution >= 4 is 24.8 Å². The van der Waals surface area contributed by atoms with Crippen LogP contribution in [0.4, 0.5) is 0 Å². The van der Waals surface area contributed by atoms with Crippen LogP contribution >= 0.6 is 24.8 Å². The van der Waals surface area contributed by atoms with Gasteiger partial charge in [0.05, 0.1) is 5.56 Å². The lowest BCUT2D eigenvalue weighted by Crippen LogP contribution is -2.45. The summed E-state index contributed by atoms with van der Waals surface area (Å²) in [5.41, 5.74) is 1.32. The molecule has 0 radical (unpaired) electrons. The third kappa shape index (κ3) is 4.27. The van der Waals surface area contributed by atoms with E-state index in [2.05, 4.69) is 16.3 Å². The highest BCUT2D eigenvalue weighted by Gasteiger charge is 2.32. The summed E-state index contributed by atoms with van der Waals surface area (Å²) < 4.78 is 0. The number of nitriles is 1. The first-order chi connectivity index (χ1) is 9.79. The average molecular weight is 344 g/mol. The van der Waals surface area contributed by atoms with Crippen LogP contribution in [-0.4, -0.2) is 36.2 Å². The van der Waals surface area contributed by atoms with Crippen molar-refractivity contribution < 1.29 is 5.11 Å². The number of phenols is 1. The van der Waals surface area contributed by atoms with Crippen molar-refractivity contribution in [2.45, 2.75) is 25.3 Å². The topological polar surface area (TPSA) is 59.3 Å². The molecule has 1 atom stereocenters. The van der Waals surface area contributed by atoms with E-state index in [1.165, 1.54) is 12.8 Å². The van der Waals surface area contributed by atoms with Crippen LogP contribution in [0.1, 0.15) is 36.4 Å². The maximum Gasteiger partial charge on any atom is 0.138 e.